The van der Waals surface area contributed by atoms with Gasteiger partial charge in [0.15, 0.2) is 0 Å². The second-order valence-corrected chi connectivity index (χ2v) is 6.20. The molecular formula is C17H22FN5O. The minimum Gasteiger partial charge on any atom is -0.393 e. The van der Waals surface area contributed by atoms with Crippen LogP contribution in [0, 0.1) is 5.82 Å². The lowest BCUT2D eigenvalue weighted by atomic mass is 10.0. The lowest BCUT2D eigenvalue weighted by Crippen LogP contribution is -2.37. The van der Waals surface area contributed by atoms with E-state index in [1.54, 1.807) is 12.3 Å². The van der Waals surface area contributed by atoms with Gasteiger partial charge in [-0.1, -0.05) is 0 Å². The van der Waals surface area contributed by atoms with E-state index in [2.05, 4.69) is 20.1 Å². The summed E-state index contributed by atoms with van der Waals surface area (Å²) in [6.45, 7) is 2.61. The molecule has 2 aromatic heterocycles. The van der Waals surface area contributed by atoms with Gasteiger partial charge in [-0.15, -0.1) is 0 Å². The van der Waals surface area contributed by atoms with E-state index < -0.39 is 5.82 Å². The Hall–Kier alpha value is -1.96. The zero-order chi connectivity index (χ0) is 16.9. The second-order valence-electron chi connectivity index (χ2n) is 6.20. The fraction of sp³-hybridized carbons (Fsp3) is 0.471. The van der Waals surface area contributed by atoms with Crippen molar-refractivity contribution in [1.29, 1.82) is 0 Å². The second kappa shape index (κ2) is 7.74. The third kappa shape index (κ3) is 4.11. The molecule has 1 saturated heterocycles. The monoisotopic (exact) mass is 331 g/mol. The van der Waals surface area contributed by atoms with Gasteiger partial charge in [0, 0.05) is 30.9 Å². The number of rotatable bonds is 5. The van der Waals surface area contributed by atoms with Crippen molar-refractivity contribution in [2.24, 2.45) is 5.73 Å². The SMILES string of the molecule is N[C@H](CCN1CCC(O)CC1)c1cnc(-c2ccnnc2)c(F)c1. The number of hydrogen-bond donors (Lipinski definition) is 2. The van der Waals surface area contributed by atoms with Gasteiger partial charge in [0.05, 0.1) is 18.5 Å². The maximum atomic E-state index is 14.3. The summed E-state index contributed by atoms with van der Waals surface area (Å²) >= 11 is 0. The summed E-state index contributed by atoms with van der Waals surface area (Å²) in [7, 11) is 0. The third-order valence-electron chi connectivity index (χ3n) is 4.46. The van der Waals surface area contributed by atoms with Gasteiger partial charge in [0.2, 0.25) is 0 Å². The van der Waals surface area contributed by atoms with Crippen LogP contribution in [0.25, 0.3) is 11.3 Å². The van der Waals surface area contributed by atoms with Gasteiger partial charge in [-0.25, -0.2) is 4.39 Å². The van der Waals surface area contributed by atoms with Crippen LogP contribution in [-0.2, 0) is 0 Å². The van der Waals surface area contributed by atoms with Crippen LogP contribution in [0.4, 0.5) is 4.39 Å². The van der Waals surface area contributed by atoms with Crippen LogP contribution in [0.3, 0.4) is 0 Å². The predicted octanol–water partition coefficient (Wildman–Crippen LogP) is 1.52. The van der Waals surface area contributed by atoms with Gasteiger partial charge in [0.25, 0.3) is 0 Å². The number of nitrogens with two attached hydrogens (primary N) is 1. The fourth-order valence-electron chi connectivity index (χ4n) is 2.93. The minimum atomic E-state index is -0.406. The first-order chi connectivity index (χ1) is 11.6. The standard InChI is InChI=1S/C17H22FN5O/c18-15-9-13(10-20-17(15)12-1-5-21-22-11-12)16(19)4-8-23-6-2-14(24)3-7-23/h1,5,9-11,14,16,24H,2-4,6-8,19H2/t16-/m1/s1. The van der Waals surface area contributed by atoms with Crippen LogP contribution in [0.2, 0.25) is 0 Å². The van der Waals surface area contributed by atoms with Crippen LogP contribution in [0.1, 0.15) is 30.9 Å². The molecule has 1 aliphatic rings. The van der Waals surface area contributed by atoms with Crippen molar-refractivity contribution in [3.05, 3.63) is 42.1 Å². The lowest BCUT2D eigenvalue weighted by Gasteiger charge is -2.30. The average molecular weight is 331 g/mol. The summed E-state index contributed by atoms with van der Waals surface area (Å²) in [6.07, 6.45) is 6.78. The van der Waals surface area contributed by atoms with Crippen LogP contribution in [0.15, 0.2) is 30.7 Å². The van der Waals surface area contributed by atoms with E-state index in [9.17, 15) is 9.50 Å². The molecule has 0 aromatic carbocycles. The smallest absolute Gasteiger partial charge is 0.149 e. The number of piperidine rings is 1. The molecule has 7 heteroatoms. The van der Waals surface area contributed by atoms with E-state index in [0.29, 0.717) is 11.1 Å². The number of nitrogens with zero attached hydrogens (tertiary/aromatic N) is 4. The Morgan fingerprint density at radius 3 is 2.75 bits per heavy atom. The molecule has 3 heterocycles. The number of aliphatic hydroxyl groups is 1. The highest BCUT2D eigenvalue weighted by Gasteiger charge is 2.18. The topological polar surface area (TPSA) is 88.2 Å². The van der Waals surface area contributed by atoms with E-state index in [4.69, 9.17) is 5.73 Å². The minimum absolute atomic E-state index is 0.177. The Kier molecular flexibility index (Phi) is 5.44. The van der Waals surface area contributed by atoms with Crippen LogP contribution >= 0.6 is 0 Å². The number of aliphatic hydroxyl groups excluding tert-OH is 1. The highest BCUT2D eigenvalue weighted by molar-refractivity contribution is 5.58. The van der Waals surface area contributed by atoms with Gasteiger partial charge in [0.1, 0.15) is 11.5 Å². The number of hydrogen-bond acceptors (Lipinski definition) is 6. The third-order valence-corrected chi connectivity index (χ3v) is 4.46. The van der Waals surface area contributed by atoms with Gasteiger partial charge >= 0.3 is 0 Å². The molecule has 1 fully saturated rings. The zero-order valence-electron chi connectivity index (χ0n) is 13.5. The Labute approximate surface area is 140 Å². The quantitative estimate of drug-likeness (QED) is 0.864. The van der Waals surface area contributed by atoms with Crippen LogP contribution in [0.5, 0.6) is 0 Å². The molecule has 1 aliphatic heterocycles. The molecule has 3 N–H and O–H groups in total. The van der Waals surface area contributed by atoms with E-state index in [0.717, 1.165) is 38.9 Å². The van der Waals surface area contributed by atoms with Crippen molar-refractivity contribution in [2.75, 3.05) is 19.6 Å². The summed E-state index contributed by atoms with van der Waals surface area (Å²) in [4.78, 5) is 6.49. The first-order valence-corrected chi connectivity index (χ1v) is 8.22. The first-order valence-electron chi connectivity index (χ1n) is 8.22. The highest BCUT2D eigenvalue weighted by atomic mass is 19.1. The molecule has 0 bridgehead atoms. The van der Waals surface area contributed by atoms with E-state index >= 15 is 0 Å². The molecule has 3 rings (SSSR count). The van der Waals surface area contributed by atoms with Crippen LogP contribution in [-0.4, -0.2) is 50.9 Å². The van der Waals surface area contributed by atoms with Crippen molar-refractivity contribution >= 4 is 0 Å². The van der Waals surface area contributed by atoms with Gasteiger partial charge in [-0.3, -0.25) is 4.98 Å². The maximum absolute atomic E-state index is 14.3. The zero-order valence-corrected chi connectivity index (χ0v) is 13.5. The molecule has 1 atom stereocenters. The highest BCUT2D eigenvalue weighted by Crippen LogP contribution is 2.23. The maximum Gasteiger partial charge on any atom is 0.149 e. The molecule has 2 aromatic rings. The molecule has 0 spiro atoms. The number of likely N-dealkylation sites (tertiary alicyclic amines) is 1. The molecule has 0 saturated carbocycles. The van der Waals surface area contributed by atoms with Crippen molar-refractivity contribution in [2.45, 2.75) is 31.4 Å². The van der Waals surface area contributed by atoms with Crippen molar-refractivity contribution in [3.8, 4) is 11.3 Å². The Bertz CT molecular complexity index is 661. The predicted molar refractivity (Wildman–Crippen MR) is 88.4 cm³/mol. The summed E-state index contributed by atoms with van der Waals surface area (Å²) in [5.74, 6) is -0.406. The van der Waals surface area contributed by atoms with Crippen molar-refractivity contribution < 1.29 is 9.50 Å². The summed E-state index contributed by atoms with van der Waals surface area (Å²) < 4.78 is 14.3. The molecule has 0 amide bonds. The Morgan fingerprint density at radius 1 is 1.29 bits per heavy atom. The van der Waals surface area contributed by atoms with E-state index in [-0.39, 0.29) is 17.8 Å². The fourth-order valence-corrected chi connectivity index (χ4v) is 2.93. The van der Waals surface area contributed by atoms with E-state index in [1.807, 2.05) is 0 Å². The molecule has 0 radical (unpaired) electrons. The number of halogens is 1. The van der Waals surface area contributed by atoms with E-state index in [1.165, 1.54) is 18.5 Å². The van der Waals surface area contributed by atoms with Gasteiger partial charge in [-0.2, -0.15) is 10.2 Å². The van der Waals surface area contributed by atoms with Crippen LogP contribution < -0.4 is 5.73 Å². The Morgan fingerprint density at radius 2 is 2.08 bits per heavy atom. The normalized spacial score (nSPS) is 17.8. The number of aromatic nitrogens is 3. The van der Waals surface area contributed by atoms with Crippen molar-refractivity contribution in [1.82, 2.24) is 20.1 Å². The molecule has 24 heavy (non-hydrogen) atoms. The van der Waals surface area contributed by atoms with Gasteiger partial charge < -0.3 is 15.7 Å². The number of pyridine rings is 1. The average Bonchev–Trinajstić information content (AvgIpc) is 2.61. The lowest BCUT2D eigenvalue weighted by molar-refractivity contribution is 0.0812. The summed E-state index contributed by atoms with van der Waals surface area (Å²) in [6, 6.07) is 2.86. The summed E-state index contributed by atoms with van der Waals surface area (Å²) in [5, 5.41) is 16.9. The summed E-state index contributed by atoms with van der Waals surface area (Å²) in [5.41, 5.74) is 7.73. The first kappa shape index (κ1) is 16.9. The molecule has 6 nitrogen and oxygen atoms in total. The van der Waals surface area contributed by atoms with Crippen molar-refractivity contribution in [3.63, 3.8) is 0 Å². The van der Waals surface area contributed by atoms with Gasteiger partial charge in [-0.05, 0) is 43.5 Å². The molecule has 0 unspecified atom stereocenters. The Balaban J connectivity index is 1.61. The molecular weight excluding hydrogens is 309 g/mol. The molecule has 0 aliphatic carbocycles. The largest absolute Gasteiger partial charge is 0.393 e. The molecule has 128 valence electrons.